The molecule has 152 valence electrons. The first-order valence-electron chi connectivity index (χ1n) is 10.6. The summed E-state index contributed by atoms with van der Waals surface area (Å²) in [4.78, 5) is 0. The summed E-state index contributed by atoms with van der Waals surface area (Å²) < 4.78 is 6.46. The number of benzene rings is 5. The molecule has 0 amide bonds. The van der Waals surface area contributed by atoms with E-state index in [4.69, 9.17) is 4.74 Å². The largest absolute Gasteiger partial charge is 0.455 e. The molecule has 2 heteroatoms. The van der Waals surface area contributed by atoms with Crippen LogP contribution in [0.1, 0.15) is 16.7 Å². The molecule has 2 nitrogen and oxygen atoms in total. The topological polar surface area (TPSA) is 21.3 Å². The summed E-state index contributed by atoms with van der Waals surface area (Å²) in [6.07, 6.45) is 0. The maximum Gasteiger partial charge on any atom is 0.150 e. The second-order valence-corrected chi connectivity index (χ2v) is 8.14. The first-order valence-corrected chi connectivity index (χ1v) is 10.6. The number of rotatable bonds is 4. The van der Waals surface area contributed by atoms with E-state index in [1.165, 1.54) is 27.1 Å². The quantitative estimate of drug-likeness (QED) is 0.304. The normalized spacial score (nSPS) is 11.1. The second kappa shape index (κ2) is 7.81. The van der Waals surface area contributed by atoms with Crippen LogP contribution in [-0.4, -0.2) is 0 Å². The van der Waals surface area contributed by atoms with Crippen molar-refractivity contribution < 1.29 is 4.74 Å². The van der Waals surface area contributed by atoms with Gasteiger partial charge in [-0.3, -0.25) is 0 Å². The lowest BCUT2D eigenvalue weighted by Gasteiger charge is -2.18. The number of anilines is 2. The van der Waals surface area contributed by atoms with Crippen molar-refractivity contribution in [3.63, 3.8) is 0 Å². The van der Waals surface area contributed by atoms with Gasteiger partial charge in [0.2, 0.25) is 0 Å². The molecule has 1 N–H and O–H groups in total. The van der Waals surface area contributed by atoms with Crippen molar-refractivity contribution in [1.29, 1.82) is 0 Å². The molecule has 0 spiro atoms. The van der Waals surface area contributed by atoms with Crippen LogP contribution < -0.4 is 10.1 Å². The van der Waals surface area contributed by atoms with E-state index in [9.17, 15) is 0 Å². The van der Waals surface area contributed by atoms with Gasteiger partial charge in [-0.05, 0) is 60.9 Å². The molecular weight excluding hydrogens is 378 g/mol. The molecule has 0 atom stereocenters. The third kappa shape index (κ3) is 3.62. The number of fused-ring (bicyclic) bond motifs is 2. The minimum atomic E-state index is 0.814. The smallest absolute Gasteiger partial charge is 0.150 e. The van der Waals surface area contributed by atoms with Crippen molar-refractivity contribution in [1.82, 2.24) is 0 Å². The highest BCUT2D eigenvalue weighted by molar-refractivity contribution is 6.12. The monoisotopic (exact) mass is 403 g/mol. The fourth-order valence-electron chi connectivity index (χ4n) is 4.38. The van der Waals surface area contributed by atoms with Gasteiger partial charge in [0.1, 0.15) is 5.75 Å². The number of nitrogens with one attached hydrogen (secondary N) is 1. The van der Waals surface area contributed by atoms with E-state index in [0.29, 0.717) is 0 Å². The highest BCUT2D eigenvalue weighted by Gasteiger charge is 2.13. The highest BCUT2D eigenvalue weighted by atomic mass is 16.5. The Labute approximate surface area is 183 Å². The summed E-state index contributed by atoms with van der Waals surface area (Å²) in [5.41, 5.74) is 5.58. The van der Waals surface area contributed by atoms with Gasteiger partial charge in [-0.1, -0.05) is 78.4 Å². The van der Waals surface area contributed by atoms with Crippen LogP contribution in [0, 0.1) is 20.8 Å². The Hall–Kier alpha value is -3.78. The first-order chi connectivity index (χ1) is 15.1. The fourth-order valence-corrected chi connectivity index (χ4v) is 4.38. The molecule has 0 saturated carbocycles. The molecule has 5 rings (SSSR count). The predicted octanol–water partition coefficient (Wildman–Crippen LogP) is 8.45. The second-order valence-electron chi connectivity index (χ2n) is 8.14. The zero-order valence-corrected chi connectivity index (χ0v) is 18.1. The van der Waals surface area contributed by atoms with Crippen molar-refractivity contribution in [3.05, 3.63) is 108 Å². The number of hydrogen-bond donors (Lipinski definition) is 1. The van der Waals surface area contributed by atoms with Crippen molar-refractivity contribution in [3.8, 4) is 11.5 Å². The van der Waals surface area contributed by atoms with E-state index in [0.717, 1.165) is 34.0 Å². The van der Waals surface area contributed by atoms with E-state index in [1.807, 2.05) is 18.2 Å². The van der Waals surface area contributed by atoms with E-state index in [2.05, 4.69) is 98.9 Å². The molecule has 0 bridgehead atoms. The van der Waals surface area contributed by atoms with Crippen molar-refractivity contribution in [2.45, 2.75) is 20.8 Å². The van der Waals surface area contributed by atoms with Gasteiger partial charge in [0.15, 0.2) is 5.75 Å². The van der Waals surface area contributed by atoms with Crippen LogP contribution in [0.4, 0.5) is 11.4 Å². The first kappa shape index (κ1) is 19.2. The summed E-state index contributed by atoms with van der Waals surface area (Å²) in [5.74, 6) is 1.73. The van der Waals surface area contributed by atoms with Crippen LogP contribution in [0.5, 0.6) is 11.5 Å². The number of hydrogen-bond acceptors (Lipinski definition) is 2. The van der Waals surface area contributed by atoms with E-state index >= 15 is 0 Å². The lowest BCUT2D eigenvalue weighted by molar-refractivity contribution is 0.477. The Kier molecular flexibility index (Phi) is 4.83. The summed E-state index contributed by atoms with van der Waals surface area (Å²) in [6, 6.07) is 31.7. The highest BCUT2D eigenvalue weighted by Crippen LogP contribution is 2.39. The zero-order valence-electron chi connectivity index (χ0n) is 18.1. The van der Waals surface area contributed by atoms with E-state index < -0.39 is 0 Å². The predicted molar refractivity (Wildman–Crippen MR) is 132 cm³/mol. The van der Waals surface area contributed by atoms with Gasteiger partial charge in [-0.2, -0.15) is 0 Å². The molecule has 0 aliphatic heterocycles. The van der Waals surface area contributed by atoms with Gasteiger partial charge in [0.25, 0.3) is 0 Å². The van der Waals surface area contributed by atoms with Gasteiger partial charge in [-0.25, -0.2) is 0 Å². The van der Waals surface area contributed by atoms with Gasteiger partial charge in [-0.15, -0.1) is 0 Å². The maximum absolute atomic E-state index is 6.46. The van der Waals surface area contributed by atoms with Crippen LogP contribution in [0.2, 0.25) is 0 Å². The zero-order chi connectivity index (χ0) is 21.4. The van der Waals surface area contributed by atoms with Gasteiger partial charge < -0.3 is 10.1 Å². The summed E-state index contributed by atoms with van der Waals surface area (Å²) in [6.45, 7) is 6.32. The molecule has 0 aliphatic carbocycles. The SMILES string of the molecule is Cc1cc(C)c(Oc2ccccc2Nc2c3ccccc3cc3ccccc23)c(C)c1. The number of para-hydroxylation sites is 2. The third-order valence-electron chi connectivity index (χ3n) is 5.73. The molecule has 0 radical (unpaired) electrons. The van der Waals surface area contributed by atoms with Crippen molar-refractivity contribution in [2.24, 2.45) is 0 Å². The van der Waals surface area contributed by atoms with Crippen LogP contribution in [0.15, 0.2) is 91.0 Å². The van der Waals surface area contributed by atoms with Crippen LogP contribution >= 0.6 is 0 Å². The van der Waals surface area contributed by atoms with Crippen molar-refractivity contribution >= 4 is 32.9 Å². The van der Waals surface area contributed by atoms with Gasteiger partial charge >= 0.3 is 0 Å². The maximum atomic E-state index is 6.46. The number of ether oxygens (including phenoxy) is 1. The lowest BCUT2D eigenvalue weighted by atomic mass is 10.0. The molecule has 0 unspecified atom stereocenters. The van der Waals surface area contributed by atoms with Crippen molar-refractivity contribution in [2.75, 3.05) is 5.32 Å². The van der Waals surface area contributed by atoms with Gasteiger partial charge in [0.05, 0.1) is 11.4 Å². The molecule has 31 heavy (non-hydrogen) atoms. The van der Waals surface area contributed by atoms with E-state index in [1.54, 1.807) is 0 Å². The molecule has 0 aromatic heterocycles. The Balaban J connectivity index is 1.63. The van der Waals surface area contributed by atoms with E-state index in [-0.39, 0.29) is 0 Å². The van der Waals surface area contributed by atoms with Crippen LogP contribution in [0.25, 0.3) is 21.5 Å². The molecule has 5 aromatic carbocycles. The third-order valence-corrected chi connectivity index (χ3v) is 5.73. The molecule has 0 saturated heterocycles. The molecular formula is C29H25NO. The summed E-state index contributed by atoms with van der Waals surface area (Å²) in [7, 11) is 0. The van der Waals surface area contributed by atoms with Gasteiger partial charge in [0, 0.05) is 10.8 Å². The Morgan fingerprint density at radius 1 is 0.613 bits per heavy atom. The summed E-state index contributed by atoms with van der Waals surface area (Å²) in [5, 5.41) is 8.52. The Bertz CT molecular complexity index is 1340. The van der Waals surface area contributed by atoms with Crippen LogP contribution in [0.3, 0.4) is 0 Å². The number of aryl methyl sites for hydroxylation is 3. The average Bonchev–Trinajstić information content (AvgIpc) is 2.77. The minimum absolute atomic E-state index is 0.814. The fraction of sp³-hybridized carbons (Fsp3) is 0.103. The molecule has 0 fully saturated rings. The average molecular weight is 404 g/mol. The Morgan fingerprint density at radius 3 is 1.81 bits per heavy atom. The Morgan fingerprint density at radius 2 is 1.16 bits per heavy atom. The lowest BCUT2D eigenvalue weighted by Crippen LogP contribution is -1.98. The van der Waals surface area contributed by atoms with Crippen LogP contribution in [-0.2, 0) is 0 Å². The summed E-state index contributed by atoms with van der Waals surface area (Å²) >= 11 is 0. The molecule has 0 aliphatic rings. The standard InChI is InChI=1S/C29H25NO/c1-19-16-20(2)29(21(3)17-19)31-27-15-9-8-14-26(27)30-28-24-12-6-4-10-22(24)18-23-11-5-7-13-25(23)28/h4-18,30H,1-3H3. The minimum Gasteiger partial charge on any atom is -0.455 e. The molecule has 5 aromatic rings. The molecule has 0 heterocycles.